The lowest BCUT2D eigenvalue weighted by atomic mass is 9.67. The Morgan fingerprint density at radius 1 is 0.267 bits per heavy atom. The summed E-state index contributed by atoms with van der Waals surface area (Å²) in [7, 11) is 0. The number of rotatable bonds is 16. The van der Waals surface area contributed by atoms with Crippen molar-refractivity contribution in [3.63, 3.8) is 0 Å². The van der Waals surface area contributed by atoms with E-state index >= 15 is 0 Å². The van der Waals surface area contributed by atoms with Crippen molar-refractivity contribution in [1.29, 1.82) is 0 Å². The second-order valence-corrected chi connectivity index (χ2v) is 24.1. The van der Waals surface area contributed by atoms with Gasteiger partial charge in [-0.25, -0.2) is 0 Å². The maximum Gasteiger partial charge on any atom is 0.0715 e. The molecule has 0 saturated carbocycles. The molecule has 1 aliphatic rings. The average Bonchev–Trinajstić information content (AvgIpc) is 3.69. The molecule has 0 radical (unpaired) electrons. The Hall–Kier alpha value is -6.64. The second-order valence-electron chi connectivity index (χ2n) is 24.1. The Bertz CT molecular complexity index is 2940. The van der Waals surface area contributed by atoms with E-state index < -0.39 is 5.41 Å². The number of anilines is 6. The van der Waals surface area contributed by atoms with Crippen molar-refractivity contribution >= 4 is 34.1 Å². The van der Waals surface area contributed by atoms with Gasteiger partial charge in [-0.3, -0.25) is 0 Å². The zero-order chi connectivity index (χ0) is 53.6. The van der Waals surface area contributed by atoms with E-state index in [-0.39, 0.29) is 0 Å². The quantitative estimate of drug-likeness (QED) is 0.0952. The molecule has 0 aliphatic heterocycles. The van der Waals surface area contributed by atoms with Crippen LogP contribution in [0.5, 0.6) is 0 Å². The van der Waals surface area contributed by atoms with Crippen LogP contribution in [0.4, 0.5) is 34.1 Å². The normalized spacial score (nSPS) is 13.1. The topological polar surface area (TPSA) is 6.48 Å². The molecule has 9 rings (SSSR count). The first-order chi connectivity index (χ1) is 35.8. The smallest absolute Gasteiger partial charge is 0.0715 e. The molecule has 0 aromatic heterocycles. The Morgan fingerprint density at radius 2 is 0.533 bits per heavy atom. The summed E-state index contributed by atoms with van der Waals surface area (Å²) in [5.74, 6) is 2.92. The molecule has 8 aromatic carbocycles. The number of hydrogen-bond donors (Lipinski definition) is 0. The SMILES string of the molecule is CC(C)c1ccc(N(c2ccc3c(c2)C(c2ccccc2)(c2ccccc2)c2cc(N(c4ccc(C(C)C)cc4C(C)C)c4ccc(C(C)C)cc4C(C)C)ccc2-3)c2ccc(C(C)C)cc2C(C)C)c(C(C)C)c1. The molecule has 0 spiro atoms. The fraction of sp³-hybridized carbons (Fsp3) is 0.342. The van der Waals surface area contributed by atoms with Crippen LogP contribution in [0.25, 0.3) is 11.1 Å². The highest BCUT2D eigenvalue weighted by molar-refractivity contribution is 5.93. The number of benzene rings is 8. The molecule has 0 bridgehead atoms. The summed E-state index contributed by atoms with van der Waals surface area (Å²) in [6, 6.07) is 66.6. The zero-order valence-corrected chi connectivity index (χ0v) is 48.2. The molecule has 0 N–H and O–H groups in total. The Balaban J connectivity index is 1.38. The van der Waals surface area contributed by atoms with E-state index in [4.69, 9.17) is 0 Å². The molecular formula is C73H84N2. The molecule has 0 atom stereocenters. The highest BCUT2D eigenvalue weighted by atomic mass is 15.2. The van der Waals surface area contributed by atoms with Gasteiger partial charge in [0, 0.05) is 34.1 Å². The lowest BCUT2D eigenvalue weighted by Crippen LogP contribution is -2.29. The number of hydrogen-bond acceptors (Lipinski definition) is 2. The van der Waals surface area contributed by atoms with Crippen LogP contribution in [-0.2, 0) is 5.41 Å². The van der Waals surface area contributed by atoms with Gasteiger partial charge >= 0.3 is 0 Å². The van der Waals surface area contributed by atoms with Crippen molar-refractivity contribution in [2.75, 3.05) is 9.80 Å². The first kappa shape index (κ1) is 53.2. The predicted molar refractivity (Wildman–Crippen MR) is 326 cm³/mol. The van der Waals surface area contributed by atoms with Gasteiger partial charge in [-0.05, 0) is 174 Å². The molecule has 8 aromatic rings. The Labute approximate surface area is 452 Å². The number of nitrogens with zero attached hydrogens (tertiary/aromatic N) is 2. The van der Waals surface area contributed by atoms with Crippen molar-refractivity contribution in [2.24, 2.45) is 0 Å². The highest BCUT2D eigenvalue weighted by Crippen LogP contribution is 2.59. The Morgan fingerprint density at radius 3 is 0.773 bits per heavy atom. The molecule has 2 heteroatoms. The van der Waals surface area contributed by atoms with Crippen LogP contribution in [0.15, 0.2) is 170 Å². The molecular weight excluding hydrogens is 905 g/mol. The highest BCUT2D eigenvalue weighted by Gasteiger charge is 2.47. The van der Waals surface area contributed by atoms with E-state index in [1.807, 2.05) is 0 Å². The lowest BCUT2D eigenvalue weighted by molar-refractivity contribution is 0.768. The minimum atomic E-state index is -0.661. The molecule has 2 nitrogen and oxygen atoms in total. The Kier molecular flexibility index (Phi) is 15.3. The maximum absolute atomic E-state index is 2.61. The van der Waals surface area contributed by atoms with Gasteiger partial charge in [-0.1, -0.05) is 232 Å². The van der Waals surface area contributed by atoms with Gasteiger partial charge in [-0.2, -0.15) is 0 Å². The van der Waals surface area contributed by atoms with E-state index in [1.54, 1.807) is 0 Å². The van der Waals surface area contributed by atoms with Gasteiger partial charge in [0.15, 0.2) is 0 Å². The van der Waals surface area contributed by atoms with Crippen molar-refractivity contribution in [3.05, 3.63) is 237 Å². The molecule has 0 heterocycles. The van der Waals surface area contributed by atoms with Crippen LogP contribution >= 0.6 is 0 Å². The van der Waals surface area contributed by atoms with E-state index in [0.717, 1.165) is 11.4 Å². The molecule has 0 unspecified atom stereocenters. The summed E-state index contributed by atoms with van der Waals surface area (Å²) in [6.07, 6.45) is 0. The summed E-state index contributed by atoms with van der Waals surface area (Å²) in [6.45, 7) is 37.3. The van der Waals surface area contributed by atoms with E-state index in [2.05, 4.69) is 290 Å². The van der Waals surface area contributed by atoms with Gasteiger partial charge in [0.05, 0.1) is 5.41 Å². The number of fused-ring (bicyclic) bond motifs is 3. The fourth-order valence-corrected chi connectivity index (χ4v) is 12.0. The molecule has 0 fully saturated rings. The minimum absolute atomic E-state index is 0.307. The largest absolute Gasteiger partial charge is 0.310 e. The molecule has 0 saturated heterocycles. The zero-order valence-electron chi connectivity index (χ0n) is 48.2. The summed E-state index contributed by atoms with van der Waals surface area (Å²) in [5.41, 5.74) is 25.2. The standard InChI is InChI=1S/C73H84N2/c1-45(2)53-27-35-69(63(39-53)49(9)10)74(70-36-28-54(46(3)4)40-64(70)50(11)12)59-31-33-61-62-34-32-60(44-68(62)73(67(61)43-59,57-23-19-17-20-24-57)58-25-21-18-22-26-58)75(71-37-29-55(47(5)6)41-65(71)51(13)14)72-38-30-56(48(7)8)42-66(72)52(15)16/h17-52H,1-16H3. The summed E-state index contributed by atoms with van der Waals surface area (Å²) in [5, 5.41) is 0. The molecule has 1 aliphatic carbocycles. The lowest BCUT2D eigenvalue weighted by Gasteiger charge is -2.37. The summed E-state index contributed by atoms with van der Waals surface area (Å²) in [4.78, 5) is 5.22. The summed E-state index contributed by atoms with van der Waals surface area (Å²) < 4.78 is 0. The van der Waals surface area contributed by atoms with Crippen LogP contribution < -0.4 is 9.80 Å². The monoisotopic (exact) mass is 989 g/mol. The van der Waals surface area contributed by atoms with Gasteiger partial charge in [0.2, 0.25) is 0 Å². The second kappa shape index (κ2) is 21.5. The van der Waals surface area contributed by atoms with E-state index in [1.165, 1.54) is 101 Å². The van der Waals surface area contributed by atoms with E-state index in [9.17, 15) is 0 Å². The predicted octanol–water partition coefficient (Wildman–Crippen LogP) is 22.0. The van der Waals surface area contributed by atoms with Crippen molar-refractivity contribution in [2.45, 2.75) is 164 Å². The third-order valence-electron chi connectivity index (χ3n) is 16.4. The molecule has 75 heavy (non-hydrogen) atoms. The van der Waals surface area contributed by atoms with Crippen LogP contribution in [0.3, 0.4) is 0 Å². The summed E-state index contributed by atoms with van der Waals surface area (Å²) >= 11 is 0. The van der Waals surface area contributed by atoms with Crippen LogP contribution in [-0.4, -0.2) is 0 Å². The molecule has 0 amide bonds. The first-order valence-electron chi connectivity index (χ1n) is 28.4. The van der Waals surface area contributed by atoms with Crippen LogP contribution in [0.1, 0.15) is 225 Å². The third kappa shape index (κ3) is 9.80. The van der Waals surface area contributed by atoms with Gasteiger partial charge < -0.3 is 9.80 Å². The van der Waals surface area contributed by atoms with Crippen molar-refractivity contribution in [3.8, 4) is 11.1 Å². The van der Waals surface area contributed by atoms with Crippen LogP contribution in [0, 0.1) is 0 Å². The maximum atomic E-state index is 2.61. The van der Waals surface area contributed by atoms with Gasteiger partial charge in [0.25, 0.3) is 0 Å². The van der Waals surface area contributed by atoms with Crippen molar-refractivity contribution in [1.82, 2.24) is 0 Å². The molecule has 386 valence electrons. The fourth-order valence-electron chi connectivity index (χ4n) is 12.0. The van der Waals surface area contributed by atoms with E-state index in [0.29, 0.717) is 47.3 Å². The first-order valence-corrected chi connectivity index (χ1v) is 28.4. The van der Waals surface area contributed by atoms with Gasteiger partial charge in [0.1, 0.15) is 0 Å². The minimum Gasteiger partial charge on any atom is -0.310 e. The van der Waals surface area contributed by atoms with Crippen LogP contribution in [0.2, 0.25) is 0 Å². The van der Waals surface area contributed by atoms with Crippen molar-refractivity contribution < 1.29 is 0 Å². The average molecular weight is 989 g/mol. The van der Waals surface area contributed by atoms with Gasteiger partial charge in [-0.15, -0.1) is 0 Å². The third-order valence-corrected chi connectivity index (χ3v) is 16.4.